The summed E-state index contributed by atoms with van der Waals surface area (Å²) in [5.41, 5.74) is 3.06. The molecule has 2 aliphatic rings. The molecule has 2 heterocycles. The molecule has 2 heteroatoms. The van der Waals surface area contributed by atoms with Crippen LogP contribution in [0.5, 0.6) is 0 Å². The van der Waals surface area contributed by atoms with Gasteiger partial charge in [0.15, 0.2) is 0 Å². The Balaban J connectivity index is 1.62. The van der Waals surface area contributed by atoms with Crippen LogP contribution in [0.25, 0.3) is 0 Å². The summed E-state index contributed by atoms with van der Waals surface area (Å²) in [6, 6.07) is 11.5. The first-order valence-electron chi connectivity index (χ1n) is 7.05. The molecule has 1 saturated heterocycles. The quantitative estimate of drug-likeness (QED) is 0.752. The van der Waals surface area contributed by atoms with Gasteiger partial charge in [0, 0.05) is 38.8 Å². The Morgan fingerprint density at radius 2 is 2.00 bits per heavy atom. The molecule has 18 heavy (non-hydrogen) atoms. The molecule has 2 aliphatic heterocycles. The summed E-state index contributed by atoms with van der Waals surface area (Å²) in [6.45, 7) is 8.19. The van der Waals surface area contributed by atoms with Crippen LogP contribution in [0, 0.1) is 0 Å². The van der Waals surface area contributed by atoms with Gasteiger partial charge in [-0.15, -0.1) is 0 Å². The van der Waals surface area contributed by atoms with E-state index < -0.39 is 0 Å². The van der Waals surface area contributed by atoms with Gasteiger partial charge in [0.1, 0.15) is 0 Å². The lowest BCUT2D eigenvalue weighted by molar-refractivity contribution is 0.110. The molecule has 2 nitrogen and oxygen atoms in total. The second-order valence-electron chi connectivity index (χ2n) is 5.44. The van der Waals surface area contributed by atoms with Crippen LogP contribution in [-0.4, -0.2) is 42.0 Å². The molecule has 0 aromatic heterocycles. The van der Waals surface area contributed by atoms with Crippen molar-refractivity contribution in [2.24, 2.45) is 0 Å². The minimum absolute atomic E-state index is 0.664. The molecule has 0 aliphatic carbocycles. The normalized spacial score (nSPS) is 24.9. The molecule has 0 spiro atoms. The highest BCUT2D eigenvalue weighted by molar-refractivity contribution is 5.19. The molecule has 1 aromatic carbocycles. The van der Waals surface area contributed by atoms with Crippen LogP contribution in [0.15, 0.2) is 42.0 Å². The maximum absolute atomic E-state index is 2.63. The van der Waals surface area contributed by atoms with E-state index in [1.807, 2.05) is 0 Å². The zero-order chi connectivity index (χ0) is 12.4. The van der Waals surface area contributed by atoms with Gasteiger partial charge in [-0.1, -0.05) is 48.9 Å². The standard InChI is InChI=1S/C16H22N2/c1-2-14-10-16-13-17(8-9-18(16)12-14)11-15-6-4-3-5-7-15/h3-7,10,16H,2,8-9,11-13H2,1H3/t16-/m0/s1. The van der Waals surface area contributed by atoms with Gasteiger partial charge in [-0.05, 0) is 12.0 Å². The molecule has 1 fully saturated rings. The van der Waals surface area contributed by atoms with Crippen LogP contribution in [-0.2, 0) is 6.54 Å². The van der Waals surface area contributed by atoms with E-state index in [1.54, 1.807) is 5.57 Å². The number of benzene rings is 1. The van der Waals surface area contributed by atoms with Crippen molar-refractivity contribution >= 4 is 0 Å². The predicted molar refractivity (Wildman–Crippen MR) is 75.5 cm³/mol. The summed E-state index contributed by atoms with van der Waals surface area (Å²) in [6.07, 6.45) is 3.71. The van der Waals surface area contributed by atoms with Crippen LogP contribution in [0.4, 0.5) is 0 Å². The van der Waals surface area contributed by atoms with E-state index in [2.05, 4.69) is 53.1 Å². The van der Waals surface area contributed by atoms with Gasteiger partial charge < -0.3 is 0 Å². The Morgan fingerprint density at radius 1 is 1.17 bits per heavy atom. The lowest BCUT2D eigenvalue weighted by Gasteiger charge is -2.37. The number of hydrogen-bond acceptors (Lipinski definition) is 2. The third-order valence-corrected chi connectivity index (χ3v) is 4.16. The third-order valence-electron chi connectivity index (χ3n) is 4.16. The average Bonchev–Trinajstić information content (AvgIpc) is 2.82. The average molecular weight is 242 g/mol. The summed E-state index contributed by atoms with van der Waals surface area (Å²) in [4.78, 5) is 5.21. The Labute approximate surface area is 110 Å². The summed E-state index contributed by atoms with van der Waals surface area (Å²) in [7, 11) is 0. The lowest BCUT2D eigenvalue weighted by atomic mass is 10.1. The molecule has 0 radical (unpaired) electrons. The molecule has 0 amide bonds. The smallest absolute Gasteiger partial charge is 0.0412 e. The van der Waals surface area contributed by atoms with Crippen LogP contribution in [0.1, 0.15) is 18.9 Å². The molecule has 1 atom stereocenters. The summed E-state index contributed by atoms with van der Waals surface area (Å²) in [5, 5.41) is 0. The van der Waals surface area contributed by atoms with Crippen molar-refractivity contribution in [3.8, 4) is 0 Å². The summed E-state index contributed by atoms with van der Waals surface area (Å²) < 4.78 is 0. The van der Waals surface area contributed by atoms with E-state index in [0.29, 0.717) is 6.04 Å². The molecule has 0 unspecified atom stereocenters. The van der Waals surface area contributed by atoms with Gasteiger partial charge in [-0.25, -0.2) is 0 Å². The number of nitrogens with zero attached hydrogens (tertiary/aromatic N) is 2. The fourth-order valence-electron chi connectivity index (χ4n) is 3.06. The highest BCUT2D eigenvalue weighted by Crippen LogP contribution is 2.23. The fourth-order valence-corrected chi connectivity index (χ4v) is 3.06. The van der Waals surface area contributed by atoms with E-state index in [-0.39, 0.29) is 0 Å². The van der Waals surface area contributed by atoms with Gasteiger partial charge in [0.05, 0.1) is 0 Å². The second-order valence-corrected chi connectivity index (χ2v) is 5.44. The van der Waals surface area contributed by atoms with Crippen molar-refractivity contribution in [1.82, 2.24) is 9.80 Å². The van der Waals surface area contributed by atoms with Gasteiger partial charge in [0.25, 0.3) is 0 Å². The molecule has 96 valence electrons. The van der Waals surface area contributed by atoms with Gasteiger partial charge >= 0.3 is 0 Å². The molecular weight excluding hydrogens is 220 g/mol. The Bertz CT molecular complexity index is 424. The molecular formula is C16H22N2. The molecule has 0 saturated carbocycles. The Morgan fingerprint density at radius 3 is 2.78 bits per heavy atom. The zero-order valence-electron chi connectivity index (χ0n) is 11.2. The van der Waals surface area contributed by atoms with Crippen molar-refractivity contribution < 1.29 is 0 Å². The van der Waals surface area contributed by atoms with Crippen LogP contribution < -0.4 is 0 Å². The van der Waals surface area contributed by atoms with Crippen molar-refractivity contribution in [1.29, 1.82) is 0 Å². The maximum Gasteiger partial charge on any atom is 0.0412 e. The summed E-state index contributed by atoms with van der Waals surface area (Å²) in [5.74, 6) is 0. The Kier molecular flexibility index (Phi) is 3.48. The van der Waals surface area contributed by atoms with E-state index in [4.69, 9.17) is 0 Å². The van der Waals surface area contributed by atoms with Crippen LogP contribution >= 0.6 is 0 Å². The van der Waals surface area contributed by atoms with Gasteiger partial charge in [0.2, 0.25) is 0 Å². The highest BCUT2D eigenvalue weighted by Gasteiger charge is 2.29. The van der Waals surface area contributed by atoms with E-state index in [0.717, 1.165) is 6.54 Å². The fraction of sp³-hybridized carbons (Fsp3) is 0.500. The Hall–Kier alpha value is -1.12. The second kappa shape index (κ2) is 5.25. The lowest BCUT2D eigenvalue weighted by Crippen LogP contribution is -2.49. The van der Waals surface area contributed by atoms with Crippen LogP contribution in [0.2, 0.25) is 0 Å². The molecule has 0 bridgehead atoms. The molecule has 3 rings (SSSR count). The third kappa shape index (κ3) is 2.50. The molecule has 0 N–H and O–H groups in total. The predicted octanol–water partition coefficient (Wildman–Crippen LogP) is 2.52. The monoisotopic (exact) mass is 242 g/mol. The van der Waals surface area contributed by atoms with Crippen LogP contribution in [0.3, 0.4) is 0 Å². The van der Waals surface area contributed by atoms with Crippen molar-refractivity contribution in [3.63, 3.8) is 0 Å². The van der Waals surface area contributed by atoms with Crippen molar-refractivity contribution in [3.05, 3.63) is 47.5 Å². The highest BCUT2D eigenvalue weighted by atomic mass is 15.3. The van der Waals surface area contributed by atoms with E-state index >= 15 is 0 Å². The minimum atomic E-state index is 0.664. The van der Waals surface area contributed by atoms with Crippen molar-refractivity contribution in [2.45, 2.75) is 25.9 Å². The van der Waals surface area contributed by atoms with E-state index in [1.165, 1.54) is 38.2 Å². The zero-order valence-corrected chi connectivity index (χ0v) is 11.2. The van der Waals surface area contributed by atoms with E-state index in [9.17, 15) is 0 Å². The van der Waals surface area contributed by atoms with Gasteiger partial charge in [-0.3, -0.25) is 9.80 Å². The number of piperazine rings is 1. The number of rotatable bonds is 3. The molecule has 1 aromatic rings. The SMILES string of the molecule is CCC1=C[C@H]2CN(Cc3ccccc3)CCN2C1. The minimum Gasteiger partial charge on any atom is -0.296 e. The largest absolute Gasteiger partial charge is 0.296 e. The first-order valence-corrected chi connectivity index (χ1v) is 7.05. The number of fused-ring (bicyclic) bond motifs is 1. The van der Waals surface area contributed by atoms with Crippen molar-refractivity contribution in [2.75, 3.05) is 26.2 Å². The first-order chi connectivity index (χ1) is 8.85. The maximum atomic E-state index is 2.63. The first kappa shape index (κ1) is 11.9. The summed E-state index contributed by atoms with van der Waals surface area (Å²) >= 11 is 0. The topological polar surface area (TPSA) is 6.48 Å². The van der Waals surface area contributed by atoms with Gasteiger partial charge in [-0.2, -0.15) is 0 Å². The number of hydrogen-bond donors (Lipinski definition) is 0.